The molecule has 0 saturated carbocycles. The zero-order valence-electron chi connectivity index (χ0n) is 20.0. The molecule has 180 valence electrons. The molecule has 0 saturated heterocycles. The Kier molecular flexibility index (Phi) is 6.32. The van der Waals surface area contributed by atoms with Crippen LogP contribution in [-0.2, 0) is 0 Å². The Hall–Kier alpha value is -4.54. The number of methoxy groups -OCH3 is 2. The van der Waals surface area contributed by atoms with E-state index >= 15 is 0 Å². The molecule has 0 amide bonds. The first-order valence-corrected chi connectivity index (χ1v) is 10.7. The van der Waals surface area contributed by atoms with E-state index in [1.807, 2.05) is 45.0 Å². The highest BCUT2D eigenvalue weighted by Crippen LogP contribution is 2.26. The molecule has 0 fully saturated rings. The Morgan fingerprint density at radius 2 is 1.43 bits per heavy atom. The van der Waals surface area contributed by atoms with Gasteiger partial charge in [0.1, 0.15) is 17.2 Å². The molecular weight excluding hydrogens is 450 g/mol. The van der Waals surface area contributed by atoms with E-state index in [-0.39, 0.29) is 16.9 Å². The van der Waals surface area contributed by atoms with Gasteiger partial charge >= 0.3 is 0 Å². The van der Waals surface area contributed by atoms with Crippen molar-refractivity contribution in [2.75, 3.05) is 30.2 Å². The van der Waals surface area contributed by atoms with Gasteiger partial charge in [0.15, 0.2) is 5.82 Å². The van der Waals surface area contributed by atoms with Gasteiger partial charge in [-0.05, 0) is 51.1 Å². The van der Waals surface area contributed by atoms with E-state index in [1.165, 1.54) is 14.2 Å². The Balaban J connectivity index is 1.50. The number of hydrogen-bond donors (Lipinski definition) is 3. The van der Waals surface area contributed by atoms with Crippen LogP contribution in [0.3, 0.4) is 0 Å². The summed E-state index contributed by atoms with van der Waals surface area (Å²) in [5.74, 6) is 1.94. The van der Waals surface area contributed by atoms with E-state index in [1.54, 1.807) is 18.3 Å². The average molecular weight is 476 g/mol. The summed E-state index contributed by atoms with van der Waals surface area (Å²) >= 11 is 0. The fourth-order valence-electron chi connectivity index (χ4n) is 3.20. The van der Waals surface area contributed by atoms with Gasteiger partial charge in [-0.2, -0.15) is 15.0 Å². The molecule has 2 aromatic carbocycles. The van der Waals surface area contributed by atoms with Crippen LogP contribution in [0.15, 0.2) is 52.2 Å². The van der Waals surface area contributed by atoms with Gasteiger partial charge in [-0.1, -0.05) is 0 Å². The summed E-state index contributed by atoms with van der Waals surface area (Å²) in [6.07, 6.45) is 1.55. The zero-order chi connectivity index (χ0) is 25.2. The number of nitrogens with one attached hydrogen (secondary N) is 3. The molecule has 35 heavy (non-hydrogen) atoms. The molecule has 0 aliphatic heterocycles. The summed E-state index contributed by atoms with van der Waals surface area (Å²) < 4.78 is 10.4. The molecule has 4 aromatic rings. The molecule has 11 heteroatoms. The summed E-state index contributed by atoms with van der Waals surface area (Å²) in [4.78, 5) is 41.4. The molecule has 0 radical (unpaired) electrons. The van der Waals surface area contributed by atoms with Crippen molar-refractivity contribution < 1.29 is 9.47 Å². The molecule has 0 aliphatic carbocycles. The summed E-state index contributed by atoms with van der Waals surface area (Å²) in [7, 11) is 3.05. The van der Waals surface area contributed by atoms with Crippen molar-refractivity contribution in [3.63, 3.8) is 0 Å². The van der Waals surface area contributed by atoms with Crippen molar-refractivity contribution in [1.29, 1.82) is 0 Å². The van der Waals surface area contributed by atoms with Gasteiger partial charge in [-0.25, -0.2) is 4.98 Å². The summed E-state index contributed by atoms with van der Waals surface area (Å²) in [5, 5.41) is 9.09. The van der Waals surface area contributed by atoms with Gasteiger partial charge in [0, 0.05) is 23.0 Å². The minimum atomic E-state index is -0.586. The minimum Gasteiger partial charge on any atom is -0.481 e. The fourth-order valence-corrected chi connectivity index (χ4v) is 3.20. The first-order valence-electron chi connectivity index (χ1n) is 10.7. The van der Waals surface area contributed by atoms with Gasteiger partial charge in [-0.15, -0.1) is 0 Å². The Morgan fingerprint density at radius 1 is 0.800 bits per heavy atom. The normalized spacial score (nSPS) is 11.2. The molecule has 0 bridgehead atoms. The molecule has 2 aromatic heterocycles. The second kappa shape index (κ2) is 9.37. The topological polar surface area (TPSA) is 140 Å². The molecular formula is C24H25N7O4. The molecule has 0 atom stereocenters. The quantitative estimate of drug-likeness (QED) is 0.323. The maximum atomic E-state index is 12.1. The maximum absolute atomic E-state index is 12.1. The van der Waals surface area contributed by atoms with Crippen LogP contribution in [0.5, 0.6) is 11.8 Å². The van der Waals surface area contributed by atoms with E-state index < -0.39 is 10.9 Å². The summed E-state index contributed by atoms with van der Waals surface area (Å²) in [6.45, 7) is 5.72. The summed E-state index contributed by atoms with van der Waals surface area (Å²) in [6, 6.07) is 10.5. The molecule has 4 rings (SSSR count). The average Bonchev–Trinajstić information content (AvgIpc) is 2.85. The van der Waals surface area contributed by atoms with Crippen LogP contribution in [0.1, 0.15) is 20.8 Å². The molecule has 11 nitrogen and oxygen atoms in total. The van der Waals surface area contributed by atoms with Gasteiger partial charge < -0.3 is 25.4 Å². The van der Waals surface area contributed by atoms with Gasteiger partial charge in [-0.3, -0.25) is 9.59 Å². The number of aromatic nitrogens is 4. The van der Waals surface area contributed by atoms with Crippen LogP contribution in [-0.4, -0.2) is 39.7 Å². The lowest BCUT2D eigenvalue weighted by Gasteiger charge is -2.24. The second-order valence-corrected chi connectivity index (χ2v) is 8.65. The Labute approximate surface area is 201 Å². The smallest absolute Gasteiger partial charge is 0.253 e. The molecule has 0 spiro atoms. The van der Waals surface area contributed by atoms with Crippen LogP contribution in [0, 0.1) is 0 Å². The highest BCUT2D eigenvalue weighted by atomic mass is 16.5. The second-order valence-electron chi connectivity index (χ2n) is 8.65. The lowest BCUT2D eigenvalue weighted by atomic mass is 10.1. The third kappa shape index (κ3) is 5.35. The predicted octanol–water partition coefficient (Wildman–Crippen LogP) is 3.24. The third-order valence-corrected chi connectivity index (χ3v) is 4.82. The SMILES string of the molecule is COc1cc(OC)nc(-c2ccc(Nc3nccc(Nc4c(NC(C)(C)C)c(=O)c4=O)n3)cc2)n1. The Morgan fingerprint density at radius 3 is 2.03 bits per heavy atom. The van der Waals surface area contributed by atoms with Crippen molar-refractivity contribution in [1.82, 2.24) is 19.9 Å². The first kappa shape index (κ1) is 23.6. The summed E-state index contributed by atoms with van der Waals surface area (Å²) in [5.41, 5.74) is 0.428. The van der Waals surface area contributed by atoms with Crippen molar-refractivity contribution in [3.8, 4) is 23.1 Å². The van der Waals surface area contributed by atoms with Crippen LogP contribution in [0.4, 0.5) is 28.8 Å². The first-order chi connectivity index (χ1) is 16.7. The lowest BCUT2D eigenvalue weighted by Crippen LogP contribution is -2.41. The van der Waals surface area contributed by atoms with Crippen molar-refractivity contribution in [3.05, 3.63) is 63.0 Å². The largest absolute Gasteiger partial charge is 0.481 e. The van der Waals surface area contributed by atoms with Crippen molar-refractivity contribution in [2.24, 2.45) is 0 Å². The number of nitrogens with zero attached hydrogens (tertiary/aromatic N) is 4. The number of anilines is 5. The van der Waals surface area contributed by atoms with E-state index in [2.05, 4.69) is 35.9 Å². The van der Waals surface area contributed by atoms with Gasteiger partial charge in [0.25, 0.3) is 10.9 Å². The van der Waals surface area contributed by atoms with Crippen molar-refractivity contribution in [2.45, 2.75) is 26.3 Å². The number of rotatable bonds is 8. The van der Waals surface area contributed by atoms with E-state index in [9.17, 15) is 9.59 Å². The van der Waals surface area contributed by atoms with Crippen molar-refractivity contribution >= 4 is 28.8 Å². The zero-order valence-corrected chi connectivity index (χ0v) is 20.0. The molecule has 2 heterocycles. The minimum absolute atomic E-state index is 0.188. The fraction of sp³-hybridized carbons (Fsp3) is 0.250. The van der Waals surface area contributed by atoms with E-state index in [0.717, 1.165) is 11.3 Å². The molecule has 0 aliphatic rings. The van der Waals surface area contributed by atoms with Crippen LogP contribution < -0.4 is 36.3 Å². The van der Waals surface area contributed by atoms with Crippen LogP contribution in [0.25, 0.3) is 11.4 Å². The maximum Gasteiger partial charge on any atom is 0.253 e. The predicted molar refractivity (Wildman–Crippen MR) is 134 cm³/mol. The number of ether oxygens (including phenoxy) is 2. The van der Waals surface area contributed by atoms with Gasteiger partial charge in [0.2, 0.25) is 17.7 Å². The molecule has 3 N–H and O–H groups in total. The lowest BCUT2D eigenvalue weighted by molar-refractivity contribution is 0.372. The number of benzene rings is 1. The molecule has 0 unspecified atom stereocenters. The van der Waals surface area contributed by atoms with Crippen LogP contribution in [0.2, 0.25) is 0 Å². The highest BCUT2D eigenvalue weighted by Gasteiger charge is 2.25. The van der Waals surface area contributed by atoms with Crippen LogP contribution >= 0.6 is 0 Å². The standard InChI is InChI=1S/C24H25N7O4/c1-24(2,3)31-19-18(20(32)21(19)33)27-15-10-11-25-23(28-15)26-14-8-6-13(7-9-14)22-29-16(34-4)12-17(30-22)35-5/h6-12,31H,1-5H3,(H2,25,26,27,28). The highest BCUT2D eigenvalue weighted by molar-refractivity contribution is 5.78. The monoisotopic (exact) mass is 475 g/mol. The Bertz CT molecular complexity index is 1400. The third-order valence-electron chi connectivity index (χ3n) is 4.82. The van der Waals surface area contributed by atoms with E-state index in [4.69, 9.17) is 9.47 Å². The van der Waals surface area contributed by atoms with Gasteiger partial charge in [0.05, 0.1) is 20.3 Å². The number of hydrogen-bond acceptors (Lipinski definition) is 11. The van der Waals surface area contributed by atoms with E-state index in [0.29, 0.717) is 29.4 Å².